The molecule has 0 radical (unpaired) electrons. The molecule has 2 aromatic carbocycles. The molecule has 1 heterocycles. The van der Waals surface area contributed by atoms with Gasteiger partial charge in [0.1, 0.15) is 11.5 Å². The van der Waals surface area contributed by atoms with Crippen molar-refractivity contribution in [3.63, 3.8) is 0 Å². The highest BCUT2D eigenvalue weighted by atomic mass is 79.9. The van der Waals surface area contributed by atoms with Crippen LogP contribution in [0.3, 0.4) is 0 Å². The van der Waals surface area contributed by atoms with Gasteiger partial charge in [-0.1, -0.05) is 27.5 Å². The number of benzene rings is 2. The van der Waals surface area contributed by atoms with Gasteiger partial charge >= 0.3 is 5.97 Å². The normalized spacial score (nSPS) is 11.1. The molecule has 0 saturated carbocycles. The molecular weight excluding hydrogens is 460 g/mol. The molecule has 3 rings (SSSR count). The molecule has 0 spiro atoms. The van der Waals surface area contributed by atoms with E-state index < -0.39 is 11.9 Å². The highest BCUT2D eigenvalue weighted by Crippen LogP contribution is 2.22. The predicted octanol–water partition coefficient (Wildman–Crippen LogP) is 5.08. The molecule has 1 N–H and O–H groups in total. The van der Waals surface area contributed by atoms with E-state index in [0.717, 1.165) is 4.47 Å². The van der Waals surface area contributed by atoms with Gasteiger partial charge in [-0.2, -0.15) is 5.10 Å². The van der Waals surface area contributed by atoms with Gasteiger partial charge in [-0.05, 0) is 60.7 Å². The Morgan fingerprint density at radius 2 is 1.93 bits per heavy atom. The number of hydrazone groups is 1. The highest BCUT2D eigenvalue weighted by molar-refractivity contribution is 9.10. The third-order valence-electron chi connectivity index (χ3n) is 3.59. The van der Waals surface area contributed by atoms with E-state index in [4.69, 9.17) is 20.8 Å². The van der Waals surface area contributed by atoms with Crippen LogP contribution in [0.1, 0.15) is 21.7 Å². The van der Waals surface area contributed by atoms with Gasteiger partial charge in [-0.15, -0.1) is 0 Å². The molecule has 0 fully saturated rings. The van der Waals surface area contributed by atoms with E-state index in [2.05, 4.69) is 26.5 Å². The van der Waals surface area contributed by atoms with Crippen molar-refractivity contribution in [1.82, 2.24) is 5.43 Å². The molecule has 0 aliphatic rings. The second kappa shape index (κ2) is 9.86. The lowest BCUT2D eigenvalue weighted by molar-refractivity contribution is -0.128. The molecule has 1 amide bonds. The van der Waals surface area contributed by atoms with E-state index in [-0.39, 0.29) is 5.75 Å². The van der Waals surface area contributed by atoms with Crippen LogP contribution in [0, 0.1) is 0 Å². The number of esters is 1. The second-order valence-corrected chi connectivity index (χ2v) is 7.01. The van der Waals surface area contributed by atoms with Gasteiger partial charge in [0.15, 0.2) is 0 Å². The first-order valence-electron chi connectivity index (χ1n) is 8.33. The summed E-state index contributed by atoms with van der Waals surface area (Å²) in [6.07, 6.45) is 5.65. The van der Waals surface area contributed by atoms with Crippen LogP contribution in [0.25, 0.3) is 6.08 Å². The molecule has 0 saturated heterocycles. The van der Waals surface area contributed by atoms with E-state index in [1.165, 1.54) is 24.6 Å². The summed E-state index contributed by atoms with van der Waals surface area (Å²) in [6.45, 7) is 0. The fourth-order valence-corrected chi connectivity index (χ4v) is 2.72. The monoisotopic (exact) mass is 472 g/mol. The number of nitrogens with zero attached hydrogens (tertiary/aromatic N) is 1. The number of furan rings is 1. The number of carbonyl (C=O) groups excluding carboxylic acids is 2. The zero-order valence-electron chi connectivity index (χ0n) is 14.8. The van der Waals surface area contributed by atoms with E-state index in [1.807, 2.05) is 0 Å². The average Bonchev–Trinajstić information content (AvgIpc) is 3.22. The minimum atomic E-state index is -0.580. The minimum Gasteiger partial charge on any atom is -0.465 e. The quantitative estimate of drug-likeness (QED) is 0.178. The maximum Gasteiger partial charge on any atom is 0.336 e. The summed E-state index contributed by atoms with van der Waals surface area (Å²) in [4.78, 5) is 24.1. The van der Waals surface area contributed by atoms with Crippen LogP contribution in [0.5, 0.6) is 5.75 Å². The van der Waals surface area contributed by atoms with Gasteiger partial charge in [0.2, 0.25) is 0 Å². The zero-order chi connectivity index (χ0) is 20.6. The molecule has 29 heavy (non-hydrogen) atoms. The van der Waals surface area contributed by atoms with Crippen molar-refractivity contribution >= 4 is 51.7 Å². The summed E-state index contributed by atoms with van der Waals surface area (Å²) in [5.41, 5.74) is 3.32. The van der Waals surface area contributed by atoms with Crippen molar-refractivity contribution in [2.24, 2.45) is 5.10 Å². The van der Waals surface area contributed by atoms with Gasteiger partial charge in [0.25, 0.3) is 5.91 Å². The maximum absolute atomic E-state index is 12.1. The number of ether oxygens (including phenoxy) is 1. The lowest BCUT2D eigenvalue weighted by atomic mass is 10.2. The van der Waals surface area contributed by atoms with Crippen LogP contribution in [0.2, 0.25) is 5.02 Å². The Hall–Kier alpha value is -3.16. The Bertz CT molecular complexity index is 1060. The fraction of sp³-hybridized carbons (Fsp3) is 0. The SMILES string of the molecule is O=C(/C=C\c1ccco1)Oc1ccc(Br)cc1/C=N\NC(=O)c1ccc(Cl)cc1. The molecule has 8 heteroatoms. The number of carbonyl (C=O) groups is 2. The third-order valence-corrected chi connectivity index (χ3v) is 4.33. The molecule has 0 aliphatic carbocycles. The van der Waals surface area contributed by atoms with Crippen LogP contribution in [0.4, 0.5) is 0 Å². The van der Waals surface area contributed by atoms with Crippen molar-refractivity contribution in [3.05, 3.63) is 93.3 Å². The minimum absolute atomic E-state index is 0.284. The van der Waals surface area contributed by atoms with E-state index in [9.17, 15) is 9.59 Å². The number of hydrogen-bond donors (Lipinski definition) is 1. The standard InChI is InChI=1S/C21H14BrClN2O4/c22-16-5-9-19(29-20(26)10-8-18-2-1-11-28-18)15(12-16)13-24-25-21(27)14-3-6-17(23)7-4-14/h1-13H,(H,25,27)/b10-8-,24-13-. The van der Waals surface area contributed by atoms with Gasteiger partial charge in [-0.3, -0.25) is 4.79 Å². The molecular formula is C21H14BrClN2O4. The molecule has 0 aliphatic heterocycles. The Kier molecular flexibility index (Phi) is 6.99. The van der Waals surface area contributed by atoms with Gasteiger partial charge < -0.3 is 9.15 Å². The molecule has 146 valence electrons. The highest BCUT2D eigenvalue weighted by Gasteiger charge is 2.08. The molecule has 6 nitrogen and oxygen atoms in total. The topological polar surface area (TPSA) is 80.9 Å². The van der Waals surface area contributed by atoms with Crippen LogP contribution in [0.15, 0.2) is 80.9 Å². The third kappa shape index (κ3) is 6.17. The summed E-state index contributed by atoms with van der Waals surface area (Å²) < 4.78 is 11.2. The molecule has 0 bridgehead atoms. The van der Waals surface area contributed by atoms with Crippen molar-refractivity contribution in [3.8, 4) is 5.75 Å². The van der Waals surface area contributed by atoms with E-state index in [0.29, 0.717) is 21.9 Å². The Morgan fingerprint density at radius 3 is 2.66 bits per heavy atom. The Morgan fingerprint density at radius 1 is 1.14 bits per heavy atom. The zero-order valence-corrected chi connectivity index (χ0v) is 17.2. The first-order chi connectivity index (χ1) is 14.0. The van der Waals surface area contributed by atoms with Gasteiger partial charge in [-0.25, -0.2) is 10.2 Å². The van der Waals surface area contributed by atoms with E-state index in [1.54, 1.807) is 54.6 Å². The molecule has 3 aromatic rings. The Balaban J connectivity index is 1.67. The summed E-state index contributed by atoms with van der Waals surface area (Å²) in [6, 6.07) is 14.9. The summed E-state index contributed by atoms with van der Waals surface area (Å²) in [7, 11) is 0. The Labute approximate surface area is 179 Å². The van der Waals surface area contributed by atoms with Gasteiger partial charge in [0, 0.05) is 26.7 Å². The van der Waals surface area contributed by atoms with Gasteiger partial charge in [0.05, 0.1) is 12.5 Å². The number of nitrogens with one attached hydrogen (secondary N) is 1. The summed E-state index contributed by atoms with van der Waals surface area (Å²) in [5.74, 6) is -0.160. The van der Waals surface area contributed by atoms with Crippen molar-refractivity contribution in [2.45, 2.75) is 0 Å². The first kappa shape index (κ1) is 20.6. The maximum atomic E-state index is 12.1. The van der Waals surface area contributed by atoms with Crippen molar-refractivity contribution in [1.29, 1.82) is 0 Å². The smallest absolute Gasteiger partial charge is 0.336 e. The fourth-order valence-electron chi connectivity index (χ4n) is 2.22. The number of amides is 1. The van der Waals surface area contributed by atoms with Crippen LogP contribution >= 0.6 is 27.5 Å². The van der Waals surface area contributed by atoms with Crippen LogP contribution in [-0.4, -0.2) is 18.1 Å². The van der Waals surface area contributed by atoms with Crippen molar-refractivity contribution in [2.75, 3.05) is 0 Å². The lowest BCUT2D eigenvalue weighted by Gasteiger charge is -2.06. The number of rotatable bonds is 6. The van der Waals surface area contributed by atoms with Crippen molar-refractivity contribution < 1.29 is 18.7 Å². The largest absolute Gasteiger partial charge is 0.465 e. The number of halogens is 2. The van der Waals surface area contributed by atoms with Crippen LogP contribution in [-0.2, 0) is 4.79 Å². The van der Waals surface area contributed by atoms with E-state index >= 15 is 0 Å². The second-order valence-electron chi connectivity index (χ2n) is 5.66. The average molecular weight is 474 g/mol. The summed E-state index contributed by atoms with van der Waals surface area (Å²) in [5, 5.41) is 4.47. The first-order valence-corrected chi connectivity index (χ1v) is 9.50. The van der Waals surface area contributed by atoms with Crippen LogP contribution < -0.4 is 10.2 Å². The molecule has 0 unspecified atom stereocenters. The number of hydrogen-bond acceptors (Lipinski definition) is 5. The predicted molar refractivity (Wildman–Crippen MR) is 114 cm³/mol. The molecule has 1 aromatic heterocycles. The molecule has 0 atom stereocenters. The lowest BCUT2D eigenvalue weighted by Crippen LogP contribution is -2.17. The summed E-state index contributed by atoms with van der Waals surface area (Å²) >= 11 is 9.16.